The number of fused-ring (bicyclic) bond motifs is 6. The molecule has 2 aliphatic carbocycles. The third kappa shape index (κ3) is 3.57. The van der Waals surface area contributed by atoms with Gasteiger partial charge in [-0.05, 0) is 43.2 Å². The summed E-state index contributed by atoms with van der Waals surface area (Å²) in [5.74, 6) is 1.09. The van der Waals surface area contributed by atoms with E-state index in [2.05, 4.69) is 47.0 Å². The van der Waals surface area contributed by atoms with E-state index in [1.165, 1.54) is 4.90 Å². The summed E-state index contributed by atoms with van der Waals surface area (Å²) in [6.45, 7) is 3.89. The minimum absolute atomic E-state index is 0.0297. The van der Waals surface area contributed by atoms with Crippen LogP contribution in [0.3, 0.4) is 0 Å². The number of imidazole rings is 1. The average Bonchev–Trinajstić information content (AvgIpc) is 3.55. The van der Waals surface area contributed by atoms with Gasteiger partial charge in [0.2, 0.25) is 11.8 Å². The Kier molecular flexibility index (Phi) is 5.45. The summed E-state index contributed by atoms with van der Waals surface area (Å²) in [6.07, 6.45) is 10.8. The highest BCUT2D eigenvalue weighted by Gasteiger charge is 2.58. The molecule has 2 N–H and O–H groups in total. The molecule has 2 fully saturated rings. The summed E-state index contributed by atoms with van der Waals surface area (Å²) in [5, 5.41) is 6.59. The van der Waals surface area contributed by atoms with E-state index in [0.29, 0.717) is 32.0 Å². The number of hydrogen-bond donors (Lipinski definition) is 2. The number of guanidine groups is 1. The van der Waals surface area contributed by atoms with Crippen molar-refractivity contribution in [1.29, 1.82) is 0 Å². The number of amides is 2. The van der Waals surface area contributed by atoms with Crippen molar-refractivity contribution in [1.82, 2.24) is 24.9 Å². The SMILES string of the molecule is CN=C(NCCCN1C(=O)C2C3C=CC(C3)C2C1=O)NCCc1cn2cccc(C)c2n1. The molecule has 2 bridgehead atoms. The van der Waals surface area contributed by atoms with Crippen LogP contribution >= 0.6 is 0 Å². The number of likely N-dealkylation sites (tertiary alicyclic amines) is 1. The summed E-state index contributed by atoms with van der Waals surface area (Å²) in [4.78, 5) is 35.9. The lowest BCUT2D eigenvalue weighted by molar-refractivity contribution is -0.140. The molecule has 2 amide bonds. The Balaban J connectivity index is 1.05. The van der Waals surface area contributed by atoms with Crippen LogP contribution in [0.4, 0.5) is 0 Å². The molecular formula is C24H30N6O2. The van der Waals surface area contributed by atoms with Gasteiger partial charge in [0.25, 0.3) is 0 Å². The summed E-state index contributed by atoms with van der Waals surface area (Å²) in [7, 11) is 1.74. The van der Waals surface area contributed by atoms with Gasteiger partial charge in [-0.15, -0.1) is 0 Å². The van der Waals surface area contributed by atoms with Gasteiger partial charge < -0.3 is 15.0 Å². The standard InChI is InChI=1S/C24H30N6O2/c1-15-5-3-11-29-14-18(28-21(15)29)8-10-27-24(25-2)26-9-4-12-30-22(31)19-16-6-7-17(13-16)20(19)23(30)32/h3,5-7,11,14,16-17,19-20H,4,8-10,12-13H2,1-2H3,(H2,25,26,27). The van der Waals surface area contributed by atoms with Gasteiger partial charge in [-0.25, -0.2) is 4.98 Å². The fourth-order valence-electron chi connectivity index (χ4n) is 5.48. The van der Waals surface area contributed by atoms with E-state index in [9.17, 15) is 9.59 Å². The van der Waals surface area contributed by atoms with Crippen LogP contribution in [0.1, 0.15) is 24.1 Å². The number of carbonyl (C=O) groups excluding carboxylic acids is 2. The van der Waals surface area contributed by atoms with Crippen molar-refractivity contribution < 1.29 is 9.59 Å². The van der Waals surface area contributed by atoms with Gasteiger partial charge >= 0.3 is 0 Å². The van der Waals surface area contributed by atoms with Crippen LogP contribution in [0, 0.1) is 30.6 Å². The Labute approximate surface area is 187 Å². The van der Waals surface area contributed by atoms with E-state index in [0.717, 1.165) is 29.7 Å². The number of aliphatic imine (C=N–C) groups is 1. The summed E-state index contributed by atoms with van der Waals surface area (Å²) >= 11 is 0. The Hall–Kier alpha value is -3.16. The van der Waals surface area contributed by atoms with Crippen molar-refractivity contribution in [2.75, 3.05) is 26.7 Å². The zero-order valence-electron chi connectivity index (χ0n) is 18.6. The molecule has 8 heteroatoms. The lowest BCUT2D eigenvalue weighted by Gasteiger charge is -2.18. The monoisotopic (exact) mass is 434 g/mol. The van der Waals surface area contributed by atoms with Gasteiger partial charge in [0.15, 0.2) is 5.96 Å². The Morgan fingerprint density at radius 2 is 1.88 bits per heavy atom. The van der Waals surface area contributed by atoms with E-state index >= 15 is 0 Å². The zero-order valence-corrected chi connectivity index (χ0v) is 18.6. The zero-order chi connectivity index (χ0) is 22.2. The number of aromatic nitrogens is 2. The quantitative estimate of drug-likeness (QED) is 0.227. The van der Waals surface area contributed by atoms with Gasteiger partial charge in [-0.2, -0.15) is 0 Å². The number of allylic oxidation sites excluding steroid dienone is 2. The highest BCUT2D eigenvalue weighted by atomic mass is 16.2. The molecule has 0 spiro atoms. The molecule has 2 aromatic heterocycles. The van der Waals surface area contributed by atoms with Gasteiger partial charge in [0.1, 0.15) is 5.65 Å². The number of pyridine rings is 1. The Morgan fingerprint density at radius 1 is 1.16 bits per heavy atom. The number of rotatable bonds is 7. The molecule has 0 aromatic carbocycles. The maximum absolute atomic E-state index is 12.7. The van der Waals surface area contributed by atoms with Crippen LogP contribution in [-0.2, 0) is 16.0 Å². The topological polar surface area (TPSA) is 91.1 Å². The third-order valence-corrected chi connectivity index (χ3v) is 7.04. The molecule has 4 atom stereocenters. The van der Waals surface area contributed by atoms with Crippen LogP contribution in [-0.4, -0.2) is 58.7 Å². The summed E-state index contributed by atoms with van der Waals surface area (Å²) in [6, 6.07) is 4.08. The maximum atomic E-state index is 12.7. The normalized spacial score (nSPS) is 26.4. The third-order valence-electron chi connectivity index (χ3n) is 7.04. The van der Waals surface area contributed by atoms with Crippen LogP contribution in [0.5, 0.6) is 0 Å². The van der Waals surface area contributed by atoms with Crippen molar-refractivity contribution in [3.8, 4) is 0 Å². The summed E-state index contributed by atoms with van der Waals surface area (Å²) in [5.41, 5.74) is 3.18. The first-order valence-electron chi connectivity index (χ1n) is 11.5. The Bertz CT molecular complexity index is 1070. The molecular weight excluding hydrogens is 404 g/mol. The molecule has 1 aliphatic heterocycles. The van der Waals surface area contributed by atoms with Gasteiger partial charge in [0, 0.05) is 45.5 Å². The largest absolute Gasteiger partial charge is 0.356 e. The molecule has 1 saturated heterocycles. The number of aryl methyl sites for hydroxylation is 1. The number of nitrogens with zero attached hydrogens (tertiary/aromatic N) is 4. The van der Waals surface area contributed by atoms with Crippen molar-refractivity contribution in [3.63, 3.8) is 0 Å². The van der Waals surface area contributed by atoms with Crippen molar-refractivity contribution in [3.05, 3.63) is 47.9 Å². The first kappa shape index (κ1) is 20.7. The fourth-order valence-corrected chi connectivity index (χ4v) is 5.48. The lowest BCUT2D eigenvalue weighted by Crippen LogP contribution is -2.40. The molecule has 2 aromatic rings. The predicted molar refractivity (Wildman–Crippen MR) is 122 cm³/mol. The van der Waals surface area contributed by atoms with Crippen LogP contribution in [0.2, 0.25) is 0 Å². The average molecular weight is 435 g/mol. The maximum Gasteiger partial charge on any atom is 0.233 e. The molecule has 1 saturated carbocycles. The molecule has 3 aliphatic rings. The highest BCUT2D eigenvalue weighted by Crippen LogP contribution is 2.52. The van der Waals surface area contributed by atoms with E-state index in [1.807, 2.05) is 16.7 Å². The van der Waals surface area contributed by atoms with Crippen molar-refractivity contribution >= 4 is 23.4 Å². The molecule has 168 valence electrons. The van der Waals surface area contributed by atoms with Crippen LogP contribution < -0.4 is 10.6 Å². The van der Waals surface area contributed by atoms with Crippen LogP contribution in [0.25, 0.3) is 5.65 Å². The fraction of sp³-hybridized carbons (Fsp3) is 0.500. The number of hydrogen-bond acceptors (Lipinski definition) is 4. The van der Waals surface area contributed by atoms with Crippen LogP contribution in [0.15, 0.2) is 41.7 Å². The van der Waals surface area contributed by atoms with E-state index in [1.54, 1.807) is 7.05 Å². The van der Waals surface area contributed by atoms with Crippen molar-refractivity contribution in [2.45, 2.75) is 26.2 Å². The highest BCUT2D eigenvalue weighted by molar-refractivity contribution is 6.06. The van der Waals surface area contributed by atoms with E-state index in [4.69, 9.17) is 4.98 Å². The van der Waals surface area contributed by atoms with E-state index in [-0.39, 0.29) is 35.5 Å². The van der Waals surface area contributed by atoms with E-state index < -0.39 is 0 Å². The Morgan fingerprint density at radius 3 is 2.56 bits per heavy atom. The molecule has 3 heterocycles. The molecule has 5 rings (SSSR count). The second-order valence-electron chi connectivity index (χ2n) is 9.01. The number of carbonyl (C=O) groups is 2. The van der Waals surface area contributed by atoms with Gasteiger partial charge in [-0.3, -0.25) is 19.5 Å². The molecule has 4 unspecified atom stereocenters. The number of imide groups is 1. The predicted octanol–water partition coefficient (Wildman–Crippen LogP) is 1.55. The second kappa shape index (κ2) is 8.41. The summed E-state index contributed by atoms with van der Waals surface area (Å²) < 4.78 is 2.05. The first-order chi connectivity index (χ1) is 15.6. The van der Waals surface area contributed by atoms with Gasteiger partial charge in [-0.1, -0.05) is 18.2 Å². The smallest absolute Gasteiger partial charge is 0.233 e. The first-order valence-corrected chi connectivity index (χ1v) is 11.5. The second-order valence-corrected chi connectivity index (χ2v) is 9.01. The van der Waals surface area contributed by atoms with Crippen molar-refractivity contribution in [2.24, 2.45) is 28.7 Å². The molecule has 32 heavy (non-hydrogen) atoms. The minimum Gasteiger partial charge on any atom is -0.356 e. The number of nitrogens with one attached hydrogen (secondary N) is 2. The minimum atomic E-state index is -0.108. The molecule has 8 nitrogen and oxygen atoms in total. The molecule has 0 radical (unpaired) electrons. The van der Waals surface area contributed by atoms with Gasteiger partial charge in [0.05, 0.1) is 17.5 Å². The lowest BCUT2D eigenvalue weighted by atomic mass is 9.85.